The fraction of sp³-hybridized carbons (Fsp3) is 0.417. The Labute approximate surface area is 253 Å². The van der Waals surface area contributed by atoms with E-state index in [1.54, 1.807) is 39.3 Å². The Morgan fingerprint density at radius 3 is 2.27 bits per heavy atom. The first-order valence-electron chi connectivity index (χ1n) is 14.5. The SMILES string of the molecule is C=C/C=C(\C=C(/CCC)OC)CC(C)C(C)C.CC/C=C/N=C1\SC(C(C)=O)=C(C)\C1=C(\C)C(=O)c1ccccc1. The zero-order valence-corrected chi connectivity index (χ0v) is 27.4. The minimum atomic E-state index is -0.0393. The third-order valence-electron chi connectivity index (χ3n) is 6.87. The van der Waals surface area contributed by atoms with E-state index in [1.165, 1.54) is 17.3 Å². The Morgan fingerprint density at radius 1 is 1.10 bits per heavy atom. The molecule has 1 aromatic rings. The summed E-state index contributed by atoms with van der Waals surface area (Å²) in [6.07, 6.45) is 13.9. The van der Waals surface area contributed by atoms with Crippen LogP contribution in [0.5, 0.6) is 0 Å². The summed E-state index contributed by atoms with van der Waals surface area (Å²) >= 11 is 1.35. The monoisotopic (exact) mass is 575 g/mol. The van der Waals surface area contributed by atoms with Gasteiger partial charge in [-0.3, -0.25) is 9.59 Å². The molecule has 5 heteroatoms. The predicted molar refractivity (Wildman–Crippen MR) is 178 cm³/mol. The molecule has 0 spiro atoms. The summed E-state index contributed by atoms with van der Waals surface area (Å²) in [5, 5.41) is 0.712. The van der Waals surface area contributed by atoms with Crippen LogP contribution in [-0.4, -0.2) is 23.7 Å². The summed E-state index contributed by atoms with van der Waals surface area (Å²) < 4.78 is 5.40. The molecule has 0 aromatic heterocycles. The standard InChI is InChI=1S/C20H21NO2S.C16H28O/c1-5-6-12-21-20-17(14(3)19(24-20)15(4)22)13(2)18(23)16-10-8-7-9-11-16;1-7-9-15(11-14(5)13(3)4)12-16(17-6)10-8-2/h6-12H,5H2,1-4H3;7,9,12-14H,1,8,10-11H2,2-6H3/b12-6+,17-13+,21-20-;15-9-,16-12+. The molecule has 1 atom stereocenters. The second-order valence-electron chi connectivity index (χ2n) is 10.5. The third kappa shape index (κ3) is 11.7. The van der Waals surface area contributed by atoms with Crippen molar-refractivity contribution in [3.63, 3.8) is 0 Å². The van der Waals surface area contributed by atoms with Crippen LogP contribution in [0.3, 0.4) is 0 Å². The number of ketones is 2. The number of benzene rings is 1. The van der Waals surface area contributed by atoms with Crippen molar-refractivity contribution in [2.24, 2.45) is 16.8 Å². The molecule has 0 saturated heterocycles. The minimum absolute atomic E-state index is 0.000341. The zero-order valence-electron chi connectivity index (χ0n) is 26.5. The maximum Gasteiger partial charge on any atom is 0.189 e. The Morgan fingerprint density at radius 2 is 1.76 bits per heavy atom. The average molecular weight is 576 g/mol. The van der Waals surface area contributed by atoms with E-state index < -0.39 is 0 Å². The molecule has 0 bridgehead atoms. The van der Waals surface area contributed by atoms with Gasteiger partial charge in [0.1, 0.15) is 5.04 Å². The number of methoxy groups -OCH3 is 1. The predicted octanol–water partition coefficient (Wildman–Crippen LogP) is 10.2. The molecule has 1 aliphatic heterocycles. The summed E-state index contributed by atoms with van der Waals surface area (Å²) in [5.41, 5.74) is 4.18. The van der Waals surface area contributed by atoms with Gasteiger partial charge in [-0.05, 0) is 69.1 Å². The zero-order chi connectivity index (χ0) is 30.9. The lowest BCUT2D eigenvalue weighted by Gasteiger charge is -2.16. The molecule has 0 amide bonds. The molecule has 0 N–H and O–H groups in total. The van der Waals surface area contributed by atoms with Crippen molar-refractivity contribution in [2.45, 2.75) is 81.1 Å². The molecule has 1 unspecified atom stereocenters. The van der Waals surface area contributed by atoms with Crippen molar-refractivity contribution in [3.8, 4) is 0 Å². The normalized spacial score (nSPS) is 17.1. The van der Waals surface area contributed by atoms with E-state index in [9.17, 15) is 9.59 Å². The van der Waals surface area contributed by atoms with Gasteiger partial charge in [-0.15, -0.1) is 0 Å². The third-order valence-corrected chi connectivity index (χ3v) is 8.17. The van der Waals surface area contributed by atoms with Crippen molar-refractivity contribution in [1.82, 2.24) is 0 Å². The van der Waals surface area contributed by atoms with Gasteiger partial charge in [0.15, 0.2) is 11.6 Å². The highest BCUT2D eigenvalue weighted by Gasteiger charge is 2.29. The molecular formula is C36H49NO3S. The van der Waals surface area contributed by atoms with E-state index >= 15 is 0 Å². The molecule has 41 heavy (non-hydrogen) atoms. The maximum atomic E-state index is 12.8. The highest BCUT2D eigenvalue weighted by Crippen LogP contribution is 2.40. The first-order valence-corrected chi connectivity index (χ1v) is 15.3. The van der Waals surface area contributed by atoms with Crippen LogP contribution in [0.2, 0.25) is 0 Å². The molecule has 1 heterocycles. The van der Waals surface area contributed by atoms with Crippen LogP contribution in [0.25, 0.3) is 0 Å². The molecule has 0 fully saturated rings. The van der Waals surface area contributed by atoms with Crippen LogP contribution in [0.4, 0.5) is 0 Å². The Kier molecular flexibility index (Phi) is 16.6. The van der Waals surface area contributed by atoms with Gasteiger partial charge in [-0.25, -0.2) is 4.99 Å². The van der Waals surface area contributed by atoms with Gasteiger partial charge < -0.3 is 4.74 Å². The van der Waals surface area contributed by atoms with Crippen molar-refractivity contribution >= 4 is 28.4 Å². The summed E-state index contributed by atoms with van der Waals surface area (Å²) in [6, 6.07) is 9.17. The van der Waals surface area contributed by atoms with Crippen LogP contribution in [0.1, 0.15) is 91.4 Å². The molecule has 1 aromatic carbocycles. The van der Waals surface area contributed by atoms with Crippen LogP contribution in [0, 0.1) is 11.8 Å². The Hall–Kier alpha value is -3.18. The highest BCUT2D eigenvalue weighted by molar-refractivity contribution is 8.19. The van der Waals surface area contributed by atoms with Crippen molar-refractivity contribution < 1.29 is 14.3 Å². The van der Waals surface area contributed by atoms with E-state index in [4.69, 9.17) is 4.74 Å². The van der Waals surface area contributed by atoms with Crippen LogP contribution in [-0.2, 0) is 9.53 Å². The van der Waals surface area contributed by atoms with Gasteiger partial charge >= 0.3 is 0 Å². The van der Waals surface area contributed by atoms with Gasteiger partial charge in [0, 0.05) is 29.3 Å². The average Bonchev–Trinajstić information content (AvgIpc) is 3.28. The molecule has 0 radical (unpaired) electrons. The number of ether oxygens (including phenoxy) is 1. The largest absolute Gasteiger partial charge is 0.501 e. The summed E-state index contributed by atoms with van der Waals surface area (Å²) in [4.78, 5) is 29.8. The molecule has 0 saturated carbocycles. The number of thioether (sulfide) groups is 1. The number of hydrogen-bond acceptors (Lipinski definition) is 5. The fourth-order valence-corrected chi connectivity index (χ4v) is 5.25. The van der Waals surface area contributed by atoms with Crippen molar-refractivity contribution in [3.05, 3.63) is 106 Å². The smallest absolute Gasteiger partial charge is 0.189 e. The lowest BCUT2D eigenvalue weighted by atomic mass is 9.90. The number of carbonyl (C=O) groups is 2. The summed E-state index contributed by atoms with van der Waals surface area (Å²) in [7, 11) is 1.75. The molecule has 222 valence electrons. The second-order valence-corrected chi connectivity index (χ2v) is 11.5. The van der Waals surface area contributed by atoms with Gasteiger partial charge in [0.25, 0.3) is 0 Å². The number of carbonyl (C=O) groups excluding carboxylic acids is 2. The number of rotatable bonds is 13. The van der Waals surface area contributed by atoms with Crippen LogP contribution in [0.15, 0.2) is 105 Å². The topological polar surface area (TPSA) is 55.7 Å². The summed E-state index contributed by atoms with van der Waals surface area (Å²) in [5.74, 6) is 2.41. The molecule has 4 nitrogen and oxygen atoms in total. The van der Waals surface area contributed by atoms with Gasteiger partial charge in [0.2, 0.25) is 0 Å². The molecular weight excluding hydrogens is 526 g/mol. The van der Waals surface area contributed by atoms with E-state index in [0.717, 1.165) is 42.6 Å². The number of Topliss-reactive ketones (excluding diaryl/α,β-unsaturated/α-hetero) is 2. The Balaban J connectivity index is 0.000000438. The van der Waals surface area contributed by atoms with Gasteiger partial charge in [-0.2, -0.15) is 0 Å². The minimum Gasteiger partial charge on any atom is -0.501 e. The van der Waals surface area contributed by atoms with Crippen LogP contribution < -0.4 is 0 Å². The maximum absolute atomic E-state index is 12.8. The number of hydrogen-bond donors (Lipinski definition) is 0. The lowest BCUT2D eigenvalue weighted by Crippen LogP contribution is -2.07. The lowest BCUT2D eigenvalue weighted by molar-refractivity contribution is -0.113. The van der Waals surface area contributed by atoms with Gasteiger partial charge in [-0.1, -0.05) is 102 Å². The number of nitrogens with zero attached hydrogens (tertiary/aromatic N) is 1. The van der Waals surface area contributed by atoms with Crippen molar-refractivity contribution in [1.29, 1.82) is 0 Å². The quantitative estimate of drug-likeness (QED) is 0.102. The highest BCUT2D eigenvalue weighted by atomic mass is 32.2. The number of aliphatic imine (C=N–C) groups is 1. The van der Waals surface area contributed by atoms with E-state index in [0.29, 0.717) is 32.9 Å². The van der Waals surface area contributed by atoms with Crippen LogP contribution >= 0.6 is 11.8 Å². The van der Waals surface area contributed by atoms with Gasteiger partial charge in [0.05, 0.1) is 17.8 Å². The Bertz CT molecular complexity index is 1230. The molecule has 0 aliphatic carbocycles. The first kappa shape index (κ1) is 35.8. The number of allylic oxidation sites excluding steroid dienone is 9. The van der Waals surface area contributed by atoms with E-state index in [-0.39, 0.29) is 11.6 Å². The fourth-order valence-electron chi connectivity index (χ4n) is 4.13. The van der Waals surface area contributed by atoms with E-state index in [2.05, 4.69) is 51.4 Å². The molecule has 1 aliphatic rings. The molecule has 2 rings (SSSR count). The first-order chi connectivity index (χ1) is 19.5. The summed E-state index contributed by atoms with van der Waals surface area (Å²) in [6.45, 7) is 20.0. The second kappa shape index (κ2) is 19.0. The van der Waals surface area contributed by atoms with E-state index in [1.807, 2.05) is 44.2 Å². The van der Waals surface area contributed by atoms with Crippen molar-refractivity contribution in [2.75, 3.05) is 7.11 Å².